The van der Waals surface area contributed by atoms with Crippen molar-refractivity contribution in [3.05, 3.63) is 28.3 Å². The number of nitrogens with zero attached hydrogens (tertiary/aromatic N) is 2. The molecule has 0 saturated carbocycles. The second-order valence-electron chi connectivity index (χ2n) is 3.69. The fourth-order valence-corrected chi connectivity index (χ4v) is 1.74. The molecule has 4 nitrogen and oxygen atoms in total. The van der Waals surface area contributed by atoms with Crippen LogP contribution in [0.3, 0.4) is 0 Å². The van der Waals surface area contributed by atoms with E-state index in [1.165, 1.54) is 17.7 Å². The second kappa shape index (κ2) is 6.96. The van der Waals surface area contributed by atoms with E-state index < -0.39 is 0 Å². The molecule has 0 fully saturated rings. The van der Waals surface area contributed by atoms with Crippen LogP contribution in [-0.4, -0.2) is 22.3 Å². The fraction of sp³-hybridized carbons (Fsp3) is 0.417. The lowest BCUT2D eigenvalue weighted by atomic mass is 10.2. The maximum absolute atomic E-state index is 10.8. The summed E-state index contributed by atoms with van der Waals surface area (Å²) in [6.45, 7) is 6.03. The number of hydrogen-bond donors (Lipinski definition) is 1. The highest BCUT2D eigenvalue weighted by atomic mass is 32.1. The Morgan fingerprint density at radius 2 is 2.24 bits per heavy atom. The van der Waals surface area contributed by atoms with E-state index in [4.69, 9.17) is 0 Å². The standard InChI is InChI=1S/C12H17N3OS/c1-4-9(2)15-12-6-5-11(7-16)17-10(3)13-8-14-12/h5-9,15H,4H2,1-3H3. The summed E-state index contributed by atoms with van der Waals surface area (Å²) in [5, 5.41) is 4.04. The zero-order valence-corrected chi connectivity index (χ0v) is 11.1. The van der Waals surface area contributed by atoms with E-state index in [1.807, 2.05) is 6.92 Å². The first kappa shape index (κ1) is 13.6. The summed E-state index contributed by atoms with van der Waals surface area (Å²) in [6.07, 6.45) is 3.34. The highest BCUT2D eigenvalue weighted by Crippen LogP contribution is 2.08. The first-order chi connectivity index (χ1) is 8.15. The molecular weight excluding hydrogens is 234 g/mol. The number of carbonyl (C=O) groups excluding carboxylic acids is 1. The van der Waals surface area contributed by atoms with E-state index in [0.29, 0.717) is 10.9 Å². The normalized spacial score (nSPS) is 11.5. The predicted molar refractivity (Wildman–Crippen MR) is 71.0 cm³/mol. The molecule has 92 valence electrons. The van der Waals surface area contributed by atoms with Crippen LogP contribution in [0.2, 0.25) is 0 Å². The number of rotatable bonds is 4. The molecule has 17 heavy (non-hydrogen) atoms. The van der Waals surface area contributed by atoms with Crippen LogP contribution in [0, 0.1) is 6.92 Å². The molecule has 0 amide bonds. The van der Waals surface area contributed by atoms with Crippen molar-refractivity contribution in [2.75, 3.05) is 5.32 Å². The molecule has 1 atom stereocenters. The van der Waals surface area contributed by atoms with Gasteiger partial charge in [-0.05, 0) is 32.4 Å². The van der Waals surface area contributed by atoms with Gasteiger partial charge < -0.3 is 5.32 Å². The van der Waals surface area contributed by atoms with Crippen LogP contribution in [0.5, 0.6) is 0 Å². The van der Waals surface area contributed by atoms with Crippen LogP contribution in [0.15, 0.2) is 18.5 Å². The van der Waals surface area contributed by atoms with Gasteiger partial charge in [0.2, 0.25) is 0 Å². The van der Waals surface area contributed by atoms with E-state index in [-0.39, 0.29) is 0 Å². The third-order valence-corrected chi connectivity index (χ3v) is 3.10. The molecule has 1 rings (SSSR count). The smallest absolute Gasteiger partial charge is 0.160 e. The second-order valence-corrected chi connectivity index (χ2v) is 4.95. The molecule has 1 aromatic heterocycles. The number of hydrogen-bond acceptors (Lipinski definition) is 5. The SMILES string of the molecule is CCC(C)Nc1ccc(C=O)sc(C)ncn1. The Labute approximate surface area is 105 Å². The van der Waals surface area contributed by atoms with Gasteiger partial charge in [0.15, 0.2) is 6.29 Å². The summed E-state index contributed by atoms with van der Waals surface area (Å²) in [7, 11) is 0. The third kappa shape index (κ3) is 4.91. The average molecular weight is 251 g/mol. The Morgan fingerprint density at radius 1 is 1.47 bits per heavy atom. The van der Waals surface area contributed by atoms with Crippen molar-refractivity contribution in [3.8, 4) is 0 Å². The Kier molecular flexibility index (Phi) is 5.56. The zero-order chi connectivity index (χ0) is 12.7. The molecule has 0 bridgehead atoms. The maximum atomic E-state index is 10.8. The summed E-state index contributed by atoms with van der Waals surface area (Å²) in [6, 6.07) is 3.89. The van der Waals surface area contributed by atoms with Gasteiger partial charge in [0, 0.05) is 6.04 Å². The topological polar surface area (TPSA) is 54.9 Å². The van der Waals surface area contributed by atoms with Gasteiger partial charge in [-0.15, -0.1) is 11.3 Å². The first-order valence-electron chi connectivity index (χ1n) is 5.54. The quantitative estimate of drug-likeness (QED) is 0.836. The van der Waals surface area contributed by atoms with Gasteiger partial charge in [-0.3, -0.25) is 4.79 Å². The van der Waals surface area contributed by atoms with Crippen LogP contribution >= 0.6 is 11.3 Å². The van der Waals surface area contributed by atoms with Crippen LogP contribution in [0.1, 0.15) is 34.9 Å². The zero-order valence-electron chi connectivity index (χ0n) is 10.3. The van der Waals surface area contributed by atoms with Crippen molar-refractivity contribution in [3.63, 3.8) is 0 Å². The number of aldehydes is 1. The number of aryl methyl sites for hydroxylation is 1. The molecule has 5 heteroatoms. The van der Waals surface area contributed by atoms with Crippen molar-refractivity contribution >= 4 is 23.4 Å². The van der Waals surface area contributed by atoms with E-state index in [1.54, 1.807) is 12.1 Å². The Balaban J connectivity index is 3.13. The van der Waals surface area contributed by atoms with E-state index in [0.717, 1.165) is 23.5 Å². The minimum Gasteiger partial charge on any atom is -0.368 e. The predicted octanol–water partition coefficient (Wildman–Crippen LogP) is 2.99. The molecular formula is C12H17N3OS. The molecule has 1 heterocycles. The monoisotopic (exact) mass is 251 g/mol. The van der Waals surface area contributed by atoms with Gasteiger partial charge in [-0.2, -0.15) is 0 Å². The van der Waals surface area contributed by atoms with Crippen molar-refractivity contribution in [2.24, 2.45) is 0 Å². The first-order valence-corrected chi connectivity index (χ1v) is 6.35. The van der Waals surface area contributed by atoms with Crippen LogP contribution in [-0.2, 0) is 0 Å². The van der Waals surface area contributed by atoms with Gasteiger partial charge in [0.05, 0.1) is 9.88 Å². The molecule has 0 aliphatic carbocycles. The van der Waals surface area contributed by atoms with Gasteiger partial charge >= 0.3 is 0 Å². The summed E-state index contributed by atoms with van der Waals surface area (Å²) in [4.78, 5) is 19.8. The van der Waals surface area contributed by atoms with Gasteiger partial charge in [0.1, 0.15) is 12.1 Å². The van der Waals surface area contributed by atoms with Gasteiger partial charge in [-0.25, -0.2) is 9.97 Å². The van der Waals surface area contributed by atoms with Crippen molar-refractivity contribution in [2.45, 2.75) is 33.2 Å². The average Bonchev–Trinajstić information content (AvgIpc) is 2.40. The molecule has 0 aliphatic rings. The fourth-order valence-electron chi connectivity index (χ4n) is 1.11. The van der Waals surface area contributed by atoms with Gasteiger partial charge in [0.25, 0.3) is 0 Å². The minimum absolute atomic E-state index is 0.338. The maximum Gasteiger partial charge on any atom is 0.160 e. The Bertz CT molecular complexity index is 430. The minimum atomic E-state index is 0.338. The van der Waals surface area contributed by atoms with Crippen LogP contribution < -0.4 is 5.32 Å². The lowest BCUT2D eigenvalue weighted by molar-refractivity contribution is 0.112. The van der Waals surface area contributed by atoms with Crippen LogP contribution in [0.25, 0.3) is 0 Å². The molecule has 1 unspecified atom stereocenters. The summed E-state index contributed by atoms with van der Waals surface area (Å²) >= 11 is 1.34. The van der Waals surface area contributed by atoms with Gasteiger partial charge in [-0.1, -0.05) is 6.92 Å². The number of anilines is 1. The lowest BCUT2D eigenvalue weighted by Crippen LogP contribution is -2.13. The van der Waals surface area contributed by atoms with E-state index in [9.17, 15) is 4.79 Å². The largest absolute Gasteiger partial charge is 0.368 e. The van der Waals surface area contributed by atoms with Crippen LogP contribution in [0.4, 0.5) is 5.82 Å². The number of carbonyl (C=O) groups is 1. The molecule has 1 aromatic rings. The van der Waals surface area contributed by atoms with Crippen molar-refractivity contribution < 1.29 is 4.79 Å². The lowest BCUT2D eigenvalue weighted by Gasteiger charge is -2.10. The molecule has 0 saturated heterocycles. The summed E-state index contributed by atoms with van der Waals surface area (Å²) < 4.78 is 0. The van der Waals surface area contributed by atoms with E-state index >= 15 is 0 Å². The van der Waals surface area contributed by atoms with Crippen molar-refractivity contribution in [1.82, 2.24) is 9.97 Å². The molecule has 0 spiro atoms. The molecule has 0 aliphatic heterocycles. The highest BCUT2D eigenvalue weighted by molar-refractivity contribution is 7.12. The number of nitrogens with one attached hydrogen (secondary N) is 1. The molecule has 0 aromatic carbocycles. The highest BCUT2D eigenvalue weighted by Gasteiger charge is 1.98. The molecule has 0 radical (unpaired) electrons. The third-order valence-electron chi connectivity index (χ3n) is 2.23. The van der Waals surface area contributed by atoms with E-state index in [2.05, 4.69) is 29.1 Å². The summed E-state index contributed by atoms with van der Waals surface area (Å²) in [5.74, 6) is 0.720. The molecule has 1 N–H and O–H groups in total. The Hall–Kier alpha value is -1.49. The summed E-state index contributed by atoms with van der Waals surface area (Å²) in [5.41, 5.74) is 0. The number of aromatic nitrogens is 2. The Morgan fingerprint density at radius 3 is 2.88 bits per heavy atom. The van der Waals surface area contributed by atoms with Crippen molar-refractivity contribution in [1.29, 1.82) is 0 Å².